The Morgan fingerprint density at radius 2 is 2.47 bits per heavy atom. The molecule has 1 atom stereocenters. The number of amides is 1. The highest BCUT2D eigenvalue weighted by Gasteiger charge is 2.25. The molecule has 1 aliphatic rings. The summed E-state index contributed by atoms with van der Waals surface area (Å²) in [5.74, 6) is 1.03. The highest BCUT2D eigenvalue weighted by atomic mass is 16.5. The molecule has 1 saturated heterocycles. The zero-order valence-electron chi connectivity index (χ0n) is 10.9. The molecule has 104 valence electrons. The largest absolute Gasteiger partial charge is 0.488 e. The molecule has 19 heavy (non-hydrogen) atoms. The van der Waals surface area contributed by atoms with Crippen LogP contribution in [0.1, 0.15) is 19.8 Å². The van der Waals surface area contributed by atoms with Gasteiger partial charge in [0.2, 0.25) is 0 Å². The van der Waals surface area contributed by atoms with Gasteiger partial charge in [-0.1, -0.05) is 0 Å². The van der Waals surface area contributed by atoms with Crippen molar-refractivity contribution in [2.45, 2.75) is 25.9 Å². The average molecular weight is 266 g/mol. The van der Waals surface area contributed by atoms with Gasteiger partial charge in [-0.2, -0.15) is 0 Å². The lowest BCUT2D eigenvalue weighted by molar-refractivity contribution is 0.0746. The fourth-order valence-electron chi connectivity index (χ4n) is 2.10. The maximum atomic E-state index is 11.0. The van der Waals surface area contributed by atoms with Crippen LogP contribution in [0.25, 0.3) is 0 Å². The summed E-state index contributed by atoms with van der Waals surface area (Å²) < 4.78 is 11.2. The minimum absolute atomic E-state index is 0.168. The fraction of sp³-hybridized carbons (Fsp3) is 0.538. The lowest BCUT2D eigenvalue weighted by atomic mass is 10.1. The average Bonchev–Trinajstić information content (AvgIpc) is 2.41. The van der Waals surface area contributed by atoms with Crippen LogP contribution in [-0.2, 0) is 0 Å². The molecule has 0 unspecified atom stereocenters. The van der Waals surface area contributed by atoms with Crippen molar-refractivity contribution in [3.8, 4) is 11.6 Å². The van der Waals surface area contributed by atoms with Gasteiger partial charge in [0.15, 0.2) is 5.75 Å². The van der Waals surface area contributed by atoms with E-state index in [0.717, 1.165) is 12.8 Å². The number of likely N-dealkylation sites (tertiary alicyclic amines) is 1. The van der Waals surface area contributed by atoms with Gasteiger partial charge in [-0.15, -0.1) is 0 Å². The first-order valence-electron chi connectivity index (χ1n) is 6.43. The Balaban J connectivity index is 2.02. The summed E-state index contributed by atoms with van der Waals surface area (Å²) in [4.78, 5) is 16.5. The minimum Gasteiger partial charge on any atom is -0.488 e. The van der Waals surface area contributed by atoms with Crippen molar-refractivity contribution in [1.29, 1.82) is 0 Å². The van der Waals surface area contributed by atoms with E-state index in [9.17, 15) is 4.79 Å². The summed E-state index contributed by atoms with van der Waals surface area (Å²) in [6.45, 7) is 3.37. The normalized spacial score (nSPS) is 19.0. The van der Waals surface area contributed by atoms with Crippen molar-refractivity contribution >= 4 is 6.09 Å². The molecule has 1 aliphatic heterocycles. The second kappa shape index (κ2) is 6.26. The molecule has 6 nitrogen and oxygen atoms in total. The monoisotopic (exact) mass is 266 g/mol. The van der Waals surface area contributed by atoms with E-state index < -0.39 is 6.09 Å². The maximum Gasteiger partial charge on any atom is 0.407 e. The summed E-state index contributed by atoms with van der Waals surface area (Å²) in [7, 11) is 0. The van der Waals surface area contributed by atoms with Crippen LogP contribution in [0.3, 0.4) is 0 Å². The molecule has 1 fully saturated rings. The van der Waals surface area contributed by atoms with E-state index in [1.54, 1.807) is 18.3 Å². The second-order valence-corrected chi connectivity index (χ2v) is 4.35. The maximum absolute atomic E-state index is 11.0. The van der Waals surface area contributed by atoms with Gasteiger partial charge in [-0.05, 0) is 31.9 Å². The summed E-state index contributed by atoms with van der Waals surface area (Å²) in [5.41, 5.74) is 0. The number of hydrogen-bond acceptors (Lipinski definition) is 4. The Morgan fingerprint density at radius 1 is 1.63 bits per heavy atom. The summed E-state index contributed by atoms with van der Waals surface area (Å²) in [5, 5.41) is 8.99. The quantitative estimate of drug-likeness (QED) is 0.902. The summed E-state index contributed by atoms with van der Waals surface area (Å²) in [6.07, 6.45) is 2.19. The number of hydrogen-bond donors (Lipinski definition) is 1. The Hall–Kier alpha value is -1.98. The van der Waals surface area contributed by atoms with E-state index in [2.05, 4.69) is 4.98 Å². The zero-order valence-corrected chi connectivity index (χ0v) is 10.9. The van der Waals surface area contributed by atoms with Crippen LogP contribution >= 0.6 is 0 Å². The van der Waals surface area contributed by atoms with Crippen molar-refractivity contribution in [3.63, 3.8) is 0 Å². The van der Waals surface area contributed by atoms with Gasteiger partial charge in [0.1, 0.15) is 6.10 Å². The first-order chi connectivity index (χ1) is 9.20. The van der Waals surface area contributed by atoms with Crippen LogP contribution in [0.15, 0.2) is 18.3 Å². The Kier molecular flexibility index (Phi) is 4.43. The molecule has 1 amide bonds. The molecule has 1 aromatic rings. The predicted octanol–water partition coefficient (Wildman–Crippen LogP) is 2.00. The molecule has 0 aromatic carbocycles. The van der Waals surface area contributed by atoms with Crippen molar-refractivity contribution in [3.05, 3.63) is 18.3 Å². The molecule has 1 aromatic heterocycles. The number of aromatic nitrogens is 1. The lowest BCUT2D eigenvalue weighted by Crippen LogP contribution is -2.43. The molecule has 1 N–H and O–H groups in total. The van der Waals surface area contributed by atoms with Gasteiger partial charge in [-0.3, -0.25) is 0 Å². The third-order valence-electron chi connectivity index (χ3n) is 2.96. The Bertz CT molecular complexity index is 438. The third kappa shape index (κ3) is 3.49. The van der Waals surface area contributed by atoms with E-state index in [0.29, 0.717) is 31.3 Å². The summed E-state index contributed by atoms with van der Waals surface area (Å²) >= 11 is 0. The van der Waals surface area contributed by atoms with E-state index in [-0.39, 0.29) is 6.10 Å². The van der Waals surface area contributed by atoms with Gasteiger partial charge in [0, 0.05) is 12.7 Å². The number of carboxylic acid groups (broad SMARTS) is 1. The molecule has 0 bridgehead atoms. The molecule has 0 saturated carbocycles. The fourth-order valence-corrected chi connectivity index (χ4v) is 2.10. The molecule has 2 heterocycles. The number of pyridine rings is 1. The SMILES string of the molecule is CCOc1cccnc1O[C@@H]1CCCN(C(=O)O)C1. The number of carbonyl (C=O) groups is 1. The van der Waals surface area contributed by atoms with Crippen molar-refractivity contribution in [1.82, 2.24) is 9.88 Å². The number of piperidine rings is 1. The van der Waals surface area contributed by atoms with Crippen molar-refractivity contribution in [2.24, 2.45) is 0 Å². The predicted molar refractivity (Wildman–Crippen MR) is 68.7 cm³/mol. The van der Waals surface area contributed by atoms with E-state index in [4.69, 9.17) is 14.6 Å². The topological polar surface area (TPSA) is 71.9 Å². The first kappa shape index (κ1) is 13.5. The van der Waals surface area contributed by atoms with Gasteiger partial charge >= 0.3 is 6.09 Å². The number of rotatable bonds is 4. The molecule has 0 aliphatic carbocycles. The van der Waals surface area contributed by atoms with Crippen LogP contribution in [0, 0.1) is 0 Å². The van der Waals surface area contributed by atoms with Gasteiger partial charge in [0.05, 0.1) is 13.2 Å². The van der Waals surface area contributed by atoms with Gasteiger partial charge < -0.3 is 19.5 Å². The highest BCUT2D eigenvalue weighted by Crippen LogP contribution is 2.26. The molecular weight excluding hydrogens is 248 g/mol. The summed E-state index contributed by atoms with van der Waals surface area (Å²) in [6, 6.07) is 3.58. The van der Waals surface area contributed by atoms with Crippen molar-refractivity contribution < 1.29 is 19.4 Å². The Morgan fingerprint density at radius 3 is 3.21 bits per heavy atom. The molecule has 6 heteroatoms. The minimum atomic E-state index is -0.903. The van der Waals surface area contributed by atoms with Crippen LogP contribution in [0.4, 0.5) is 4.79 Å². The highest BCUT2D eigenvalue weighted by molar-refractivity contribution is 5.65. The van der Waals surface area contributed by atoms with E-state index in [1.807, 2.05) is 6.92 Å². The van der Waals surface area contributed by atoms with Crippen LogP contribution in [0.2, 0.25) is 0 Å². The number of ether oxygens (including phenoxy) is 2. The molecule has 0 spiro atoms. The zero-order chi connectivity index (χ0) is 13.7. The smallest absolute Gasteiger partial charge is 0.407 e. The van der Waals surface area contributed by atoms with Crippen molar-refractivity contribution in [2.75, 3.05) is 19.7 Å². The van der Waals surface area contributed by atoms with Crippen LogP contribution in [0.5, 0.6) is 11.6 Å². The molecule has 2 rings (SSSR count). The van der Waals surface area contributed by atoms with E-state index in [1.165, 1.54) is 4.90 Å². The lowest BCUT2D eigenvalue weighted by Gasteiger charge is -2.30. The second-order valence-electron chi connectivity index (χ2n) is 4.35. The van der Waals surface area contributed by atoms with Crippen LogP contribution in [-0.4, -0.2) is 46.9 Å². The van der Waals surface area contributed by atoms with Crippen LogP contribution < -0.4 is 9.47 Å². The Labute approximate surface area is 112 Å². The van der Waals surface area contributed by atoms with Gasteiger partial charge in [0.25, 0.3) is 5.88 Å². The molecular formula is C13H18N2O4. The standard InChI is InChI=1S/C13H18N2O4/c1-2-18-11-6-3-7-14-12(11)19-10-5-4-8-15(9-10)13(16)17/h3,6-7,10H,2,4-5,8-9H2,1H3,(H,16,17)/t10-/m1/s1. The molecule has 0 radical (unpaired) electrons. The van der Waals surface area contributed by atoms with Gasteiger partial charge in [-0.25, -0.2) is 9.78 Å². The first-order valence-corrected chi connectivity index (χ1v) is 6.43. The third-order valence-corrected chi connectivity index (χ3v) is 2.96. The number of nitrogens with zero attached hydrogens (tertiary/aromatic N) is 2. The van der Waals surface area contributed by atoms with E-state index >= 15 is 0 Å².